The predicted octanol–water partition coefficient (Wildman–Crippen LogP) is 2.74. The van der Waals surface area contributed by atoms with Crippen LogP contribution in [0.4, 0.5) is 5.13 Å². The number of carbonyl (C=O) groups is 1. The second kappa shape index (κ2) is 8.89. The number of nitrogens with zero attached hydrogens (tertiary/aromatic N) is 2. The van der Waals surface area contributed by atoms with E-state index in [9.17, 15) is 4.79 Å². The number of hydrogen-bond acceptors (Lipinski definition) is 6. The maximum atomic E-state index is 12.3. The number of piperidine rings is 1. The van der Waals surface area contributed by atoms with Crippen molar-refractivity contribution in [2.45, 2.75) is 19.3 Å². The van der Waals surface area contributed by atoms with Gasteiger partial charge in [0.15, 0.2) is 16.6 Å². The fourth-order valence-corrected chi connectivity index (χ4v) is 3.95. The van der Waals surface area contributed by atoms with Crippen molar-refractivity contribution in [2.24, 2.45) is 5.92 Å². The highest BCUT2D eigenvalue weighted by Crippen LogP contribution is 2.28. The Morgan fingerprint density at radius 2 is 2.19 bits per heavy atom. The number of nitrogens with one attached hydrogen (secondary N) is 1. The van der Waals surface area contributed by atoms with Crippen molar-refractivity contribution >= 4 is 22.4 Å². The van der Waals surface area contributed by atoms with Crippen LogP contribution in [-0.4, -0.2) is 44.7 Å². The van der Waals surface area contributed by atoms with Crippen LogP contribution in [0.3, 0.4) is 0 Å². The Balaban J connectivity index is 1.49. The van der Waals surface area contributed by atoms with Gasteiger partial charge in [0.25, 0.3) is 0 Å². The topological polar surface area (TPSA) is 63.7 Å². The lowest BCUT2D eigenvalue weighted by Crippen LogP contribution is -2.41. The van der Waals surface area contributed by atoms with Crippen LogP contribution in [0.1, 0.15) is 18.4 Å². The molecule has 140 valence electrons. The summed E-state index contributed by atoms with van der Waals surface area (Å²) >= 11 is 1.67. The zero-order valence-electron chi connectivity index (χ0n) is 15.2. The van der Waals surface area contributed by atoms with Crippen molar-refractivity contribution in [3.05, 3.63) is 35.3 Å². The van der Waals surface area contributed by atoms with Gasteiger partial charge in [-0.2, -0.15) is 0 Å². The molecule has 0 radical (unpaired) electrons. The third kappa shape index (κ3) is 4.66. The molecule has 1 saturated heterocycles. The molecule has 1 aromatic carbocycles. The molecular weight excluding hydrogens is 350 g/mol. The zero-order valence-corrected chi connectivity index (χ0v) is 16.1. The standard InChI is InChI=1S/C19H25N3O3S/c1-24-16-6-5-14(10-17(16)25-2)11-18(23)21-12-15-4-3-8-22(13-15)19-20-7-9-26-19/h5-7,9-10,15H,3-4,8,11-13H2,1-2H3,(H,21,23). The van der Waals surface area contributed by atoms with Gasteiger partial charge in [0.1, 0.15) is 0 Å². The number of amides is 1. The highest BCUT2D eigenvalue weighted by Gasteiger charge is 2.22. The highest BCUT2D eigenvalue weighted by molar-refractivity contribution is 7.13. The van der Waals surface area contributed by atoms with E-state index in [0.717, 1.165) is 36.6 Å². The summed E-state index contributed by atoms with van der Waals surface area (Å²) < 4.78 is 10.5. The van der Waals surface area contributed by atoms with Crippen molar-refractivity contribution in [1.29, 1.82) is 0 Å². The number of aromatic nitrogens is 1. The minimum Gasteiger partial charge on any atom is -0.493 e. The van der Waals surface area contributed by atoms with Crippen LogP contribution in [0.5, 0.6) is 11.5 Å². The average Bonchev–Trinajstić information content (AvgIpc) is 3.21. The number of anilines is 1. The molecule has 1 amide bonds. The molecule has 1 aliphatic heterocycles. The molecule has 1 N–H and O–H groups in total. The molecule has 6 nitrogen and oxygen atoms in total. The molecule has 1 aromatic heterocycles. The lowest BCUT2D eigenvalue weighted by Gasteiger charge is -2.32. The Kier molecular flexibility index (Phi) is 6.33. The lowest BCUT2D eigenvalue weighted by molar-refractivity contribution is -0.120. The van der Waals surface area contributed by atoms with Crippen molar-refractivity contribution in [1.82, 2.24) is 10.3 Å². The van der Waals surface area contributed by atoms with Crippen LogP contribution in [0, 0.1) is 5.92 Å². The number of rotatable bonds is 7. The molecule has 1 aliphatic rings. The lowest BCUT2D eigenvalue weighted by atomic mass is 9.98. The van der Waals surface area contributed by atoms with Gasteiger partial charge in [-0.25, -0.2) is 4.98 Å². The third-order valence-corrected chi connectivity index (χ3v) is 5.44. The van der Waals surface area contributed by atoms with Gasteiger partial charge in [0.05, 0.1) is 20.6 Å². The molecule has 0 bridgehead atoms. The van der Waals surface area contributed by atoms with E-state index in [2.05, 4.69) is 15.2 Å². The quantitative estimate of drug-likeness (QED) is 0.806. The van der Waals surface area contributed by atoms with Gasteiger partial charge in [-0.3, -0.25) is 4.79 Å². The van der Waals surface area contributed by atoms with Crippen molar-refractivity contribution in [2.75, 3.05) is 38.8 Å². The second-order valence-electron chi connectivity index (χ2n) is 6.44. The fraction of sp³-hybridized carbons (Fsp3) is 0.474. The summed E-state index contributed by atoms with van der Waals surface area (Å²) in [6.45, 7) is 2.70. The molecule has 0 spiro atoms. The fourth-order valence-electron chi connectivity index (χ4n) is 3.27. The highest BCUT2D eigenvalue weighted by atomic mass is 32.1. The normalized spacial score (nSPS) is 17.0. The summed E-state index contributed by atoms with van der Waals surface area (Å²) in [5, 5.41) is 6.16. The number of methoxy groups -OCH3 is 2. The van der Waals surface area contributed by atoms with Gasteiger partial charge in [-0.15, -0.1) is 11.3 Å². The molecule has 1 atom stereocenters. The summed E-state index contributed by atoms with van der Waals surface area (Å²) in [5.41, 5.74) is 0.910. The second-order valence-corrected chi connectivity index (χ2v) is 7.31. The summed E-state index contributed by atoms with van der Waals surface area (Å²) in [6.07, 6.45) is 4.45. The first-order valence-corrected chi connectivity index (χ1v) is 9.69. The van der Waals surface area contributed by atoms with Crippen LogP contribution >= 0.6 is 11.3 Å². The number of thiazole rings is 1. The Morgan fingerprint density at radius 1 is 1.35 bits per heavy atom. The van der Waals surface area contributed by atoms with Crippen molar-refractivity contribution < 1.29 is 14.3 Å². The molecular formula is C19H25N3O3S. The number of hydrogen-bond donors (Lipinski definition) is 1. The van der Waals surface area contributed by atoms with Crippen LogP contribution in [0.15, 0.2) is 29.8 Å². The van der Waals surface area contributed by atoms with Gasteiger partial charge in [0, 0.05) is 31.2 Å². The van der Waals surface area contributed by atoms with E-state index in [4.69, 9.17) is 9.47 Å². The van der Waals surface area contributed by atoms with E-state index in [0.29, 0.717) is 30.4 Å². The summed E-state index contributed by atoms with van der Waals surface area (Å²) in [6, 6.07) is 5.57. The maximum absolute atomic E-state index is 12.3. The third-order valence-electron chi connectivity index (χ3n) is 4.61. The van der Waals surface area contributed by atoms with Gasteiger partial charge >= 0.3 is 0 Å². The zero-order chi connectivity index (χ0) is 18.4. The Hall–Kier alpha value is -2.28. The van der Waals surface area contributed by atoms with Crippen molar-refractivity contribution in [3.8, 4) is 11.5 Å². The van der Waals surface area contributed by atoms with Crippen molar-refractivity contribution in [3.63, 3.8) is 0 Å². The molecule has 0 saturated carbocycles. The van der Waals surface area contributed by atoms with Gasteiger partial charge in [-0.05, 0) is 36.5 Å². The van der Waals surface area contributed by atoms with E-state index in [1.807, 2.05) is 29.8 Å². The van der Waals surface area contributed by atoms with E-state index in [1.165, 1.54) is 0 Å². The van der Waals surface area contributed by atoms with E-state index >= 15 is 0 Å². The first kappa shape index (κ1) is 18.5. The largest absolute Gasteiger partial charge is 0.493 e. The molecule has 3 rings (SSSR count). The minimum absolute atomic E-state index is 0.0311. The molecule has 0 aliphatic carbocycles. The number of ether oxygens (including phenoxy) is 2. The van der Waals surface area contributed by atoms with Crippen LogP contribution in [0.2, 0.25) is 0 Å². The number of carbonyl (C=O) groups excluding carboxylic acids is 1. The Morgan fingerprint density at radius 3 is 2.92 bits per heavy atom. The van der Waals surface area contributed by atoms with Crippen LogP contribution < -0.4 is 19.7 Å². The smallest absolute Gasteiger partial charge is 0.224 e. The average molecular weight is 375 g/mol. The van der Waals surface area contributed by atoms with Crippen LogP contribution in [-0.2, 0) is 11.2 Å². The van der Waals surface area contributed by atoms with Gasteiger partial charge in [-0.1, -0.05) is 6.07 Å². The van der Waals surface area contributed by atoms with Crippen LogP contribution in [0.25, 0.3) is 0 Å². The minimum atomic E-state index is 0.0311. The summed E-state index contributed by atoms with van der Waals surface area (Å²) in [4.78, 5) is 19.0. The van der Waals surface area contributed by atoms with Gasteiger partial charge < -0.3 is 19.7 Å². The Labute approximate surface area is 158 Å². The molecule has 26 heavy (non-hydrogen) atoms. The Bertz CT molecular complexity index is 721. The first-order valence-electron chi connectivity index (χ1n) is 8.81. The monoisotopic (exact) mass is 375 g/mol. The SMILES string of the molecule is COc1ccc(CC(=O)NCC2CCCN(c3nccs3)C2)cc1OC. The predicted molar refractivity (Wildman–Crippen MR) is 103 cm³/mol. The van der Waals surface area contributed by atoms with E-state index < -0.39 is 0 Å². The maximum Gasteiger partial charge on any atom is 0.224 e. The van der Waals surface area contributed by atoms with E-state index in [1.54, 1.807) is 25.6 Å². The summed E-state index contributed by atoms with van der Waals surface area (Å²) in [7, 11) is 3.20. The molecule has 2 aromatic rings. The molecule has 1 fully saturated rings. The molecule has 7 heteroatoms. The first-order chi connectivity index (χ1) is 12.7. The number of benzene rings is 1. The molecule has 1 unspecified atom stereocenters. The van der Waals surface area contributed by atoms with Gasteiger partial charge in [0.2, 0.25) is 5.91 Å². The molecule has 2 heterocycles. The summed E-state index contributed by atoms with van der Waals surface area (Å²) in [5.74, 6) is 1.80. The van der Waals surface area contributed by atoms with E-state index in [-0.39, 0.29) is 5.91 Å².